The van der Waals surface area contributed by atoms with E-state index in [1.165, 1.54) is 0 Å². The van der Waals surface area contributed by atoms with E-state index < -0.39 is 0 Å². The van der Waals surface area contributed by atoms with Gasteiger partial charge in [0.15, 0.2) is 0 Å². The fraction of sp³-hybridized carbons (Fsp3) is 0.250. The van der Waals surface area contributed by atoms with Crippen LogP contribution in [0.5, 0.6) is 11.6 Å². The molecule has 0 bridgehead atoms. The van der Waals surface area contributed by atoms with Crippen molar-refractivity contribution in [2.24, 2.45) is 0 Å². The molecule has 0 saturated heterocycles. The van der Waals surface area contributed by atoms with Crippen LogP contribution in [0.3, 0.4) is 0 Å². The van der Waals surface area contributed by atoms with Crippen molar-refractivity contribution < 1.29 is 14.6 Å². The lowest BCUT2D eigenvalue weighted by Crippen LogP contribution is -2.05. The van der Waals surface area contributed by atoms with Gasteiger partial charge in [-0.15, -0.1) is 11.3 Å². The van der Waals surface area contributed by atoms with Gasteiger partial charge >= 0.3 is 0 Å². The van der Waals surface area contributed by atoms with Crippen LogP contribution in [0, 0.1) is 0 Å². The maximum absolute atomic E-state index is 9.70. The first-order valence-electron chi connectivity index (χ1n) is 8.81. The first kappa shape index (κ1) is 17.6. The molecule has 0 amide bonds. The third-order valence-electron chi connectivity index (χ3n) is 4.81. The summed E-state index contributed by atoms with van der Waals surface area (Å²) in [6, 6.07) is 5.55. The van der Waals surface area contributed by atoms with Crippen LogP contribution in [0.25, 0.3) is 31.8 Å². The summed E-state index contributed by atoms with van der Waals surface area (Å²) in [5, 5.41) is 11.1. The number of halogens is 1. The lowest BCUT2D eigenvalue weighted by Gasteiger charge is -2.07. The molecule has 0 aliphatic carbocycles. The quantitative estimate of drug-likeness (QED) is 0.537. The normalized spacial score (nSPS) is 15.8. The molecule has 1 aliphatic rings. The maximum atomic E-state index is 9.70. The Bertz CT molecular complexity index is 1240. The van der Waals surface area contributed by atoms with Crippen molar-refractivity contribution in [2.45, 2.75) is 26.1 Å². The fourth-order valence-corrected chi connectivity index (χ4v) is 4.99. The highest BCUT2D eigenvalue weighted by atomic mass is 35.5. The summed E-state index contributed by atoms with van der Waals surface area (Å²) in [5.74, 6) is 1.25. The van der Waals surface area contributed by atoms with Crippen LogP contribution in [0.15, 0.2) is 24.4 Å². The summed E-state index contributed by atoms with van der Waals surface area (Å²) in [6.07, 6.45) is 2.54. The van der Waals surface area contributed by atoms with Crippen LogP contribution in [-0.2, 0) is 13.0 Å². The Morgan fingerprint density at radius 3 is 2.93 bits per heavy atom. The molecule has 28 heavy (non-hydrogen) atoms. The largest absolute Gasteiger partial charge is 0.490 e. The van der Waals surface area contributed by atoms with Gasteiger partial charge in [-0.3, -0.25) is 0 Å². The zero-order chi connectivity index (χ0) is 19.4. The van der Waals surface area contributed by atoms with Gasteiger partial charge < -0.3 is 14.6 Å². The number of hydrogen-bond donors (Lipinski definition) is 1. The number of benzene rings is 2. The first-order chi connectivity index (χ1) is 13.6. The minimum absolute atomic E-state index is 0.103. The first-order valence-corrected chi connectivity index (χ1v) is 10.00. The SMILES string of the molecule is COc1cnc2c(-c3nc4c(Cl)cc5c(c4s3)CC(C)O5)cc(CO)cc2n1. The van der Waals surface area contributed by atoms with Gasteiger partial charge in [0.1, 0.15) is 22.4 Å². The van der Waals surface area contributed by atoms with Gasteiger partial charge in [0.2, 0.25) is 5.88 Å². The van der Waals surface area contributed by atoms with E-state index in [1.807, 2.05) is 25.1 Å². The van der Waals surface area contributed by atoms with Crippen molar-refractivity contribution in [1.82, 2.24) is 15.0 Å². The van der Waals surface area contributed by atoms with E-state index >= 15 is 0 Å². The van der Waals surface area contributed by atoms with E-state index in [2.05, 4.69) is 9.97 Å². The van der Waals surface area contributed by atoms with Crippen LogP contribution < -0.4 is 9.47 Å². The molecule has 0 radical (unpaired) electrons. The number of nitrogens with zero attached hydrogens (tertiary/aromatic N) is 3. The Morgan fingerprint density at radius 2 is 2.14 bits per heavy atom. The van der Waals surface area contributed by atoms with Gasteiger partial charge in [-0.2, -0.15) is 0 Å². The van der Waals surface area contributed by atoms with Crippen molar-refractivity contribution in [3.63, 3.8) is 0 Å². The zero-order valence-corrected chi connectivity index (χ0v) is 16.8. The minimum Gasteiger partial charge on any atom is -0.490 e. The van der Waals surface area contributed by atoms with Gasteiger partial charge in [-0.25, -0.2) is 15.0 Å². The highest BCUT2D eigenvalue weighted by Crippen LogP contribution is 2.44. The van der Waals surface area contributed by atoms with Gasteiger partial charge in [-0.05, 0) is 24.6 Å². The molecule has 0 saturated carbocycles. The molecule has 142 valence electrons. The third-order valence-corrected chi connectivity index (χ3v) is 6.25. The minimum atomic E-state index is -0.103. The number of aliphatic hydroxyl groups excluding tert-OH is 1. The molecule has 0 spiro atoms. The molecule has 1 N–H and O–H groups in total. The Labute approximate surface area is 169 Å². The monoisotopic (exact) mass is 413 g/mol. The molecule has 0 fully saturated rings. The molecule has 1 atom stereocenters. The van der Waals surface area contributed by atoms with Gasteiger partial charge in [-0.1, -0.05) is 11.6 Å². The van der Waals surface area contributed by atoms with Crippen LogP contribution in [0.4, 0.5) is 0 Å². The Balaban J connectivity index is 1.77. The van der Waals surface area contributed by atoms with Crippen molar-refractivity contribution >= 4 is 44.2 Å². The highest BCUT2D eigenvalue weighted by molar-refractivity contribution is 7.22. The topological polar surface area (TPSA) is 77.4 Å². The molecule has 1 aliphatic heterocycles. The van der Waals surface area contributed by atoms with Gasteiger partial charge in [0.25, 0.3) is 0 Å². The van der Waals surface area contributed by atoms with Crippen LogP contribution >= 0.6 is 22.9 Å². The average Bonchev–Trinajstić information content (AvgIpc) is 3.30. The summed E-state index contributed by atoms with van der Waals surface area (Å²) >= 11 is 8.04. The molecule has 3 heterocycles. The molecular formula is C20H16ClN3O3S. The molecular weight excluding hydrogens is 398 g/mol. The number of fused-ring (bicyclic) bond motifs is 4. The summed E-state index contributed by atoms with van der Waals surface area (Å²) < 4.78 is 12.1. The average molecular weight is 414 g/mol. The molecule has 1 unspecified atom stereocenters. The van der Waals surface area contributed by atoms with Crippen molar-refractivity contribution in [1.29, 1.82) is 0 Å². The molecule has 2 aromatic carbocycles. The van der Waals surface area contributed by atoms with Crippen molar-refractivity contribution in [3.8, 4) is 22.2 Å². The van der Waals surface area contributed by atoms with Crippen LogP contribution in [-0.4, -0.2) is 33.3 Å². The number of aliphatic hydroxyl groups is 1. The Morgan fingerprint density at radius 1 is 1.29 bits per heavy atom. The predicted octanol–water partition coefficient (Wildman–Crippen LogP) is 4.38. The molecule has 6 nitrogen and oxygen atoms in total. The number of rotatable bonds is 3. The number of aromatic nitrogens is 3. The number of hydrogen-bond acceptors (Lipinski definition) is 7. The van der Waals surface area contributed by atoms with E-state index in [0.717, 1.165) is 44.1 Å². The van der Waals surface area contributed by atoms with E-state index in [0.29, 0.717) is 21.9 Å². The summed E-state index contributed by atoms with van der Waals surface area (Å²) in [7, 11) is 1.55. The lowest BCUT2D eigenvalue weighted by atomic mass is 10.1. The van der Waals surface area contributed by atoms with E-state index in [1.54, 1.807) is 24.6 Å². The van der Waals surface area contributed by atoms with Crippen molar-refractivity contribution in [3.05, 3.63) is 40.5 Å². The number of ether oxygens (including phenoxy) is 2. The highest BCUT2D eigenvalue weighted by Gasteiger charge is 2.26. The Hall–Kier alpha value is -2.48. The second-order valence-corrected chi connectivity index (χ2v) is 8.15. The fourth-order valence-electron chi connectivity index (χ4n) is 3.55. The smallest absolute Gasteiger partial charge is 0.232 e. The molecule has 5 rings (SSSR count). The van der Waals surface area contributed by atoms with E-state index in [-0.39, 0.29) is 12.7 Å². The second-order valence-electron chi connectivity index (χ2n) is 6.75. The molecule has 2 aromatic heterocycles. The predicted molar refractivity (Wildman–Crippen MR) is 109 cm³/mol. The molecule has 4 aromatic rings. The summed E-state index contributed by atoms with van der Waals surface area (Å²) in [4.78, 5) is 13.8. The van der Waals surface area contributed by atoms with E-state index in [4.69, 9.17) is 26.1 Å². The van der Waals surface area contributed by atoms with Crippen LogP contribution in [0.1, 0.15) is 18.1 Å². The summed E-state index contributed by atoms with van der Waals surface area (Å²) in [6.45, 7) is 1.94. The van der Waals surface area contributed by atoms with Gasteiger partial charge in [0.05, 0.1) is 40.7 Å². The zero-order valence-electron chi connectivity index (χ0n) is 15.2. The summed E-state index contributed by atoms with van der Waals surface area (Å²) in [5.41, 5.74) is 4.81. The number of methoxy groups -OCH3 is 1. The number of thiazole rings is 1. The molecule has 8 heteroatoms. The standard InChI is InChI=1S/C20H16ClN3O3S/c1-9-3-11-15(27-9)6-13(21)18-19(11)28-20(24-18)12-4-10(8-25)5-14-17(12)22-7-16(23-14)26-2/h4-7,9,25H,3,8H2,1-2H3. The lowest BCUT2D eigenvalue weighted by molar-refractivity contribution is 0.254. The van der Waals surface area contributed by atoms with Gasteiger partial charge in [0, 0.05) is 23.6 Å². The maximum Gasteiger partial charge on any atom is 0.232 e. The third kappa shape index (κ3) is 2.70. The van der Waals surface area contributed by atoms with Crippen LogP contribution in [0.2, 0.25) is 5.02 Å². The second kappa shape index (κ2) is 6.55. The Kier molecular flexibility index (Phi) is 4.12. The van der Waals surface area contributed by atoms with E-state index in [9.17, 15) is 5.11 Å². The van der Waals surface area contributed by atoms with Crippen molar-refractivity contribution in [2.75, 3.05) is 7.11 Å².